The molecular weight excluding hydrogens is 391 g/mol. The lowest BCUT2D eigenvalue weighted by Crippen LogP contribution is -2.47. The van der Waals surface area contributed by atoms with Crippen molar-refractivity contribution in [1.29, 1.82) is 0 Å². The molecule has 2 atom stereocenters. The van der Waals surface area contributed by atoms with Crippen molar-refractivity contribution < 1.29 is 0 Å². The molecule has 2 unspecified atom stereocenters. The van der Waals surface area contributed by atoms with E-state index in [1.165, 1.54) is 19.4 Å². The topological polar surface area (TPSA) is 57.5 Å². The second kappa shape index (κ2) is 8.14. The summed E-state index contributed by atoms with van der Waals surface area (Å²) in [5, 5.41) is 6.97. The van der Waals surface area contributed by atoms with E-state index in [-0.39, 0.29) is 24.0 Å². The van der Waals surface area contributed by atoms with Crippen molar-refractivity contribution in [3.63, 3.8) is 0 Å². The Hall–Kier alpha value is -0.830. The quantitative estimate of drug-likeness (QED) is 0.428. The minimum atomic E-state index is 0. The molecule has 1 aliphatic heterocycles. The molecule has 1 saturated heterocycles. The molecule has 2 heterocycles. The van der Waals surface area contributed by atoms with E-state index in [0.717, 1.165) is 31.6 Å². The molecule has 1 saturated carbocycles. The van der Waals surface area contributed by atoms with Gasteiger partial charge in [-0.15, -0.1) is 24.0 Å². The van der Waals surface area contributed by atoms with E-state index in [0.29, 0.717) is 12.0 Å². The third-order valence-electron chi connectivity index (χ3n) is 4.47. The highest BCUT2D eigenvalue weighted by atomic mass is 127. The van der Waals surface area contributed by atoms with Crippen LogP contribution < -0.4 is 10.6 Å². The number of hydrogen-bond acceptors (Lipinski definition) is 3. The summed E-state index contributed by atoms with van der Waals surface area (Å²) in [7, 11) is 1.84. The average molecular weight is 418 g/mol. The highest BCUT2D eigenvalue weighted by Gasteiger charge is 2.38. The molecule has 1 aliphatic carbocycles. The van der Waals surface area contributed by atoms with Crippen LogP contribution in [0.25, 0.3) is 0 Å². The maximum atomic E-state index is 4.34. The van der Waals surface area contributed by atoms with Gasteiger partial charge in [-0.2, -0.15) is 0 Å². The van der Waals surface area contributed by atoms with Crippen LogP contribution in [0.15, 0.2) is 23.7 Å². The van der Waals surface area contributed by atoms with Gasteiger partial charge in [0.2, 0.25) is 0 Å². The Labute approximate surface area is 149 Å². The van der Waals surface area contributed by atoms with E-state index in [1.54, 1.807) is 6.20 Å². The van der Waals surface area contributed by atoms with Crippen LogP contribution in [0.5, 0.6) is 0 Å². The molecule has 22 heavy (non-hydrogen) atoms. The van der Waals surface area contributed by atoms with Crippen LogP contribution in [0.1, 0.15) is 19.8 Å². The number of likely N-dealkylation sites (tertiary alicyclic amines) is 1. The number of halogens is 1. The molecule has 1 aromatic rings. The summed E-state index contributed by atoms with van der Waals surface area (Å²) in [6, 6.07) is 1.36. The van der Waals surface area contributed by atoms with Crippen LogP contribution in [0.4, 0.5) is 0 Å². The van der Waals surface area contributed by atoms with Crippen LogP contribution in [-0.2, 0) is 6.54 Å². The zero-order valence-corrected chi connectivity index (χ0v) is 15.7. The first-order valence-corrected chi connectivity index (χ1v) is 7.93. The first kappa shape index (κ1) is 17.5. The molecule has 6 nitrogen and oxygen atoms in total. The fourth-order valence-corrected chi connectivity index (χ4v) is 3.02. The standard InChI is InChI=1S/C15H26N6.HI/c1-12-9-21(13-3-4-13)10-14(12)19-15(16-2)18-6-8-20-7-5-17-11-20;/h5,7,11-14H,3-4,6,8-10H2,1-2H3,(H2,16,18,19);1H. The molecule has 2 fully saturated rings. The lowest BCUT2D eigenvalue weighted by molar-refractivity contribution is 0.315. The van der Waals surface area contributed by atoms with Crippen LogP contribution in [0.2, 0.25) is 0 Å². The van der Waals surface area contributed by atoms with Crippen molar-refractivity contribution in [2.45, 2.75) is 38.4 Å². The molecule has 3 rings (SSSR count). The van der Waals surface area contributed by atoms with Gasteiger partial charge in [0.25, 0.3) is 0 Å². The van der Waals surface area contributed by atoms with E-state index in [9.17, 15) is 0 Å². The molecule has 7 heteroatoms. The van der Waals surface area contributed by atoms with Crippen molar-refractivity contribution in [3.05, 3.63) is 18.7 Å². The molecule has 0 bridgehead atoms. The number of aliphatic imine (C=N–C) groups is 1. The number of nitrogens with zero attached hydrogens (tertiary/aromatic N) is 4. The lowest BCUT2D eigenvalue weighted by atomic mass is 10.1. The Balaban J connectivity index is 0.00000176. The van der Waals surface area contributed by atoms with Crippen LogP contribution in [-0.4, -0.2) is 59.2 Å². The second-order valence-corrected chi connectivity index (χ2v) is 6.21. The van der Waals surface area contributed by atoms with E-state index in [4.69, 9.17) is 0 Å². The van der Waals surface area contributed by atoms with Crippen molar-refractivity contribution in [3.8, 4) is 0 Å². The predicted molar refractivity (Wildman–Crippen MR) is 99.7 cm³/mol. The lowest BCUT2D eigenvalue weighted by Gasteiger charge is -2.20. The first-order valence-electron chi connectivity index (χ1n) is 7.93. The van der Waals surface area contributed by atoms with Gasteiger partial charge in [0.05, 0.1) is 6.33 Å². The van der Waals surface area contributed by atoms with E-state index >= 15 is 0 Å². The molecule has 0 aromatic carbocycles. The molecule has 124 valence electrons. The summed E-state index contributed by atoms with van der Waals surface area (Å²) in [6.45, 7) is 6.44. The Morgan fingerprint density at radius 1 is 1.36 bits per heavy atom. The molecule has 2 N–H and O–H groups in total. The van der Waals surface area contributed by atoms with Gasteiger partial charge >= 0.3 is 0 Å². The van der Waals surface area contributed by atoms with Crippen molar-refractivity contribution >= 4 is 29.9 Å². The summed E-state index contributed by atoms with van der Waals surface area (Å²) < 4.78 is 2.06. The van der Waals surface area contributed by atoms with E-state index in [1.807, 2.05) is 19.6 Å². The maximum Gasteiger partial charge on any atom is 0.191 e. The normalized spacial score (nSPS) is 25.8. The number of imidazole rings is 1. The Morgan fingerprint density at radius 2 is 2.18 bits per heavy atom. The third kappa shape index (κ3) is 4.58. The first-order chi connectivity index (χ1) is 10.3. The van der Waals surface area contributed by atoms with Gasteiger partial charge in [0, 0.05) is 57.7 Å². The Kier molecular flexibility index (Phi) is 6.49. The number of rotatable bonds is 5. The third-order valence-corrected chi connectivity index (χ3v) is 4.47. The second-order valence-electron chi connectivity index (χ2n) is 6.21. The minimum Gasteiger partial charge on any atom is -0.355 e. The highest BCUT2D eigenvalue weighted by Crippen LogP contribution is 2.31. The fraction of sp³-hybridized carbons (Fsp3) is 0.733. The van der Waals surface area contributed by atoms with Gasteiger partial charge in [-0.05, 0) is 18.8 Å². The zero-order chi connectivity index (χ0) is 14.7. The van der Waals surface area contributed by atoms with Crippen molar-refractivity contribution in [2.75, 3.05) is 26.7 Å². The van der Waals surface area contributed by atoms with Crippen molar-refractivity contribution in [2.24, 2.45) is 10.9 Å². The monoisotopic (exact) mass is 418 g/mol. The van der Waals surface area contributed by atoms with Crippen LogP contribution in [0, 0.1) is 5.92 Å². The smallest absolute Gasteiger partial charge is 0.191 e. The van der Waals surface area contributed by atoms with E-state index < -0.39 is 0 Å². The van der Waals surface area contributed by atoms with E-state index in [2.05, 4.69) is 37.0 Å². The molecule has 0 amide bonds. The molecular formula is C15H27IN6. The van der Waals surface area contributed by atoms with Crippen molar-refractivity contribution in [1.82, 2.24) is 25.1 Å². The summed E-state index contributed by atoms with van der Waals surface area (Å²) in [4.78, 5) is 11.0. The fourth-order valence-electron chi connectivity index (χ4n) is 3.02. The van der Waals surface area contributed by atoms with Crippen LogP contribution in [0.3, 0.4) is 0 Å². The van der Waals surface area contributed by atoms with Gasteiger partial charge < -0.3 is 15.2 Å². The number of nitrogens with one attached hydrogen (secondary N) is 2. The highest BCUT2D eigenvalue weighted by molar-refractivity contribution is 14.0. The van der Waals surface area contributed by atoms with Gasteiger partial charge in [-0.3, -0.25) is 9.89 Å². The van der Waals surface area contributed by atoms with Crippen LogP contribution >= 0.6 is 24.0 Å². The van der Waals surface area contributed by atoms with Gasteiger partial charge in [0.15, 0.2) is 5.96 Å². The predicted octanol–water partition coefficient (Wildman–Crippen LogP) is 1.15. The maximum absolute atomic E-state index is 4.34. The van der Waals surface area contributed by atoms with Gasteiger partial charge in [-0.25, -0.2) is 4.98 Å². The largest absolute Gasteiger partial charge is 0.355 e. The Morgan fingerprint density at radius 3 is 2.82 bits per heavy atom. The summed E-state index contributed by atoms with van der Waals surface area (Å²) in [6.07, 6.45) is 8.39. The summed E-state index contributed by atoms with van der Waals surface area (Å²) in [5.74, 6) is 1.59. The van der Waals surface area contributed by atoms with Gasteiger partial charge in [-0.1, -0.05) is 6.92 Å². The zero-order valence-electron chi connectivity index (χ0n) is 13.4. The summed E-state index contributed by atoms with van der Waals surface area (Å²) in [5.41, 5.74) is 0. The molecule has 0 radical (unpaired) electrons. The average Bonchev–Trinajstić information content (AvgIpc) is 3.09. The summed E-state index contributed by atoms with van der Waals surface area (Å²) >= 11 is 0. The number of aromatic nitrogens is 2. The molecule has 1 aromatic heterocycles. The SMILES string of the molecule is CN=C(NCCn1ccnc1)NC1CN(C2CC2)CC1C.I. The van der Waals surface area contributed by atoms with Gasteiger partial charge in [0.1, 0.15) is 0 Å². The number of guanidine groups is 1. The number of hydrogen-bond donors (Lipinski definition) is 2. The molecule has 0 spiro atoms. The Bertz CT molecular complexity index is 470. The minimum absolute atomic E-state index is 0. The molecule has 2 aliphatic rings.